The Hall–Kier alpha value is -0.870. The van der Waals surface area contributed by atoms with Gasteiger partial charge in [-0.25, -0.2) is 0 Å². The molecule has 0 radical (unpaired) electrons. The van der Waals surface area contributed by atoms with Crippen molar-refractivity contribution in [3.05, 3.63) is 16.5 Å². The predicted molar refractivity (Wildman–Crippen MR) is 104 cm³/mol. The van der Waals surface area contributed by atoms with Gasteiger partial charge in [-0.1, -0.05) is 39.3 Å². The van der Waals surface area contributed by atoms with Gasteiger partial charge in [-0.15, -0.1) is 0 Å². The molecule has 2 fully saturated rings. The topological polar surface area (TPSA) is 16.1 Å². The van der Waals surface area contributed by atoms with Crippen LogP contribution in [0.2, 0.25) is 0 Å². The van der Waals surface area contributed by atoms with Crippen LogP contribution in [0.3, 0.4) is 0 Å². The van der Waals surface area contributed by atoms with E-state index < -0.39 is 0 Å². The van der Waals surface area contributed by atoms with Crippen molar-refractivity contribution in [3.8, 4) is 0 Å². The molecule has 3 aliphatic rings. The van der Waals surface area contributed by atoms with E-state index in [1.54, 1.807) is 11.5 Å². The first-order chi connectivity index (χ1) is 11.5. The Labute approximate surface area is 151 Å². The summed E-state index contributed by atoms with van der Waals surface area (Å²) in [6, 6.07) is 0. The van der Waals surface area contributed by atoms with E-state index in [1.807, 2.05) is 0 Å². The van der Waals surface area contributed by atoms with Gasteiger partial charge in [0.05, 0.1) is 39.3 Å². The summed E-state index contributed by atoms with van der Waals surface area (Å²) in [7, 11) is 0. The highest BCUT2D eigenvalue weighted by Crippen LogP contribution is 2.43. The van der Waals surface area contributed by atoms with Crippen LogP contribution in [0, 0.1) is 11.3 Å². The Morgan fingerprint density at radius 3 is 2.88 bits per heavy atom. The Balaban J connectivity index is 1.46. The molecule has 0 N–H and O–H groups in total. The van der Waals surface area contributed by atoms with Crippen LogP contribution in [0.1, 0.15) is 50.5 Å². The zero-order chi connectivity index (χ0) is 16.8. The lowest BCUT2D eigenvalue weighted by Gasteiger charge is -2.43. The van der Waals surface area contributed by atoms with E-state index in [-0.39, 0.29) is 0 Å². The minimum atomic E-state index is 0.515. The van der Waals surface area contributed by atoms with Gasteiger partial charge in [0, 0.05) is 21.8 Å². The highest BCUT2D eigenvalue weighted by atomic mass is 32.1. The molecule has 0 saturated carbocycles. The average molecular weight is 347 g/mol. The summed E-state index contributed by atoms with van der Waals surface area (Å²) < 4.78 is 6.18. The molecule has 1 aromatic rings. The number of allylic oxidation sites excluding steroid dienone is 1. The zero-order valence-corrected chi connectivity index (χ0v) is 16.4. The summed E-state index contributed by atoms with van der Waals surface area (Å²) in [4.78, 5) is 4.06. The van der Waals surface area contributed by atoms with Crippen LogP contribution in [-0.4, -0.2) is 48.1 Å². The number of anilines is 1. The molecule has 4 heteroatoms. The van der Waals surface area contributed by atoms with Gasteiger partial charge >= 0.3 is 0 Å². The molecule has 1 spiro atoms. The van der Waals surface area contributed by atoms with Crippen molar-refractivity contribution in [2.75, 3.05) is 44.2 Å². The molecule has 1 aliphatic carbocycles. The number of quaternary nitrogens is 1. The fourth-order valence-corrected chi connectivity index (χ4v) is 6.24. The van der Waals surface area contributed by atoms with Gasteiger partial charge in [-0.05, 0) is 30.8 Å². The van der Waals surface area contributed by atoms with E-state index >= 15 is 0 Å². The van der Waals surface area contributed by atoms with E-state index in [0.29, 0.717) is 5.41 Å². The molecule has 4 rings (SSSR count). The summed E-state index contributed by atoms with van der Waals surface area (Å²) in [6.07, 6.45) is 9.73. The highest BCUT2D eigenvalue weighted by Gasteiger charge is 2.50. The van der Waals surface area contributed by atoms with Crippen molar-refractivity contribution in [1.29, 1.82) is 0 Å². The van der Waals surface area contributed by atoms with Crippen molar-refractivity contribution in [3.63, 3.8) is 0 Å². The molecule has 0 bridgehead atoms. The number of fused-ring (bicyclic) bond motifs is 1. The maximum Gasteiger partial charge on any atom is 0.150 e. The monoisotopic (exact) mass is 346 g/mol. The van der Waals surface area contributed by atoms with Crippen molar-refractivity contribution in [2.24, 2.45) is 11.3 Å². The van der Waals surface area contributed by atoms with E-state index in [4.69, 9.17) is 4.37 Å². The van der Waals surface area contributed by atoms with Crippen LogP contribution in [-0.2, 0) is 6.42 Å². The second-order valence-corrected chi connectivity index (χ2v) is 9.73. The zero-order valence-electron chi connectivity index (χ0n) is 15.6. The van der Waals surface area contributed by atoms with Crippen molar-refractivity contribution in [1.82, 2.24) is 4.37 Å². The van der Waals surface area contributed by atoms with Gasteiger partial charge in [0.25, 0.3) is 0 Å². The van der Waals surface area contributed by atoms with Crippen LogP contribution in [0.4, 0.5) is 5.82 Å². The van der Waals surface area contributed by atoms with Crippen molar-refractivity contribution in [2.45, 2.75) is 46.5 Å². The Morgan fingerprint density at radius 1 is 1.33 bits per heavy atom. The number of piperazine rings is 1. The molecule has 1 unspecified atom stereocenters. The standard InChI is InChI=1S/C20H32N3S/c1-4-7-16-14-23(15-20(16,2)3)12-10-22(11-13-23)19-17-8-5-6-9-18(17)24-21-19/h5,8,16H,4,6-7,9-15H2,1-3H3/q+1. The van der Waals surface area contributed by atoms with E-state index in [0.717, 1.165) is 5.92 Å². The third-order valence-electron chi connectivity index (χ3n) is 6.69. The number of hydrogen-bond acceptors (Lipinski definition) is 3. The molecular formula is C20H32N3S+. The molecule has 132 valence electrons. The minimum Gasteiger partial charge on any atom is -0.344 e. The number of rotatable bonds is 3. The maximum atomic E-state index is 4.82. The van der Waals surface area contributed by atoms with E-state index in [9.17, 15) is 0 Å². The summed E-state index contributed by atoms with van der Waals surface area (Å²) in [5.74, 6) is 2.18. The third-order valence-corrected chi connectivity index (χ3v) is 7.60. The van der Waals surface area contributed by atoms with Crippen LogP contribution in [0.25, 0.3) is 6.08 Å². The fourth-order valence-electron chi connectivity index (χ4n) is 5.36. The normalized spacial score (nSPS) is 27.6. The molecule has 2 saturated heterocycles. The number of aryl methyl sites for hydroxylation is 1. The van der Waals surface area contributed by atoms with Gasteiger partial charge in [0.15, 0.2) is 0 Å². The van der Waals surface area contributed by atoms with Gasteiger partial charge < -0.3 is 9.38 Å². The molecule has 1 atom stereocenters. The second kappa shape index (κ2) is 6.14. The van der Waals surface area contributed by atoms with Crippen molar-refractivity contribution < 1.29 is 4.48 Å². The first-order valence-electron chi connectivity index (χ1n) is 9.78. The lowest BCUT2D eigenvalue weighted by atomic mass is 9.80. The molecular weight excluding hydrogens is 314 g/mol. The average Bonchev–Trinajstić information content (AvgIpc) is 3.08. The fraction of sp³-hybridized carbons (Fsp3) is 0.750. The molecule has 2 aliphatic heterocycles. The predicted octanol–water partition coefficient (Wildman–Crippen LogP) is 4.20. The van der Waals surface area contributed by atoms with Crippen molar-refractivity contribution >= 4 is 23.4 Å². The molecule has 0 amide bonds. The van der Waals surface area contributed by atoms with Crippen LogP contribution >= 0.6 is 11.5 Å². The van der Waals surface area contributed by atoms with E-state index in [2.05, 4.69) is 37.8 Å². The molecule has 24 heavy (non-hydrogen) atoms. The number of hydrogen-bond donors (Lipinski definition) is 0. The van der Waals surface area contributed by atoms with Gasteiger partial charge in [0.2, 0.25) is 0 Å². The third kappa shape index (κ3) is 2.82. The largest absolute Gasteiger partial charge is 0.344 e. The quantitative estimate of drug-likeness (QED) is 0.763. The molecule has 3 nitrogen and oxygen atoms in total. The van der Waals surface area contributed by atoms with Crippen LogP contribution < -0.4 is 4.90 Å². The van der Waals surface area contributed by atoms with Gasteiger partial charge in [0.1, 0.15) is 5.82 Å². The minimum absolute atomic E-state index is 0.515. The smallest absolute Gasteiger partial charge is 0.150 e. The lowest BCUT2D eigenvalue weighted by Crippen LogP contribution is -2.59. The molecule has 0 aromatic carbocycles. The summed E-state index contributed by atoms with van der Waals surface area (Å²) in [5, 5.41) is 0. The summed E-state index contributed by atoms with van der Waals surface area (Å²) in [6.45, 7) is 15.1. The van der Waals surface area contributed by atoms with Crippen LogP contribution in [0.5, 0.6) is 0 Å². The number of nitrogens with zero attached hydrogens (tertiary/aromatic N) is 3. The Bertz CT molecular complexity index is 623. The highest BCUT2D eigenvalue weighted by molar-refractivity contribution is 7.06. The maximum absolute atomic E-state index is 4.82. The summed E-state index contributed by atoms with van der Waals surface area (Å²) in [5.41, 5.74) is 1.94. The molecule has 1 aromatic heterocycles. The van der Waals surface area contributed by atoms with Gasteiger partial charge in [-0.3, -0.25) is 0 Å². The lowest BCUT2D eigenvalue weighted by molar-refractivity contribution is -0.921. The van der Waals surface area contributed by atoms with E-state index in [1.165, 1.54) is 85.7 Å². The first-order valence-corrected chi connectivity index (χ1v) is 10.6. The summed E-state index contributed by atoms with van der Waals surface area (Å²) >= 11 is 1.73. The van der Waals surface area contributed by atoms with Gasteiger partial charge in [-0.2, -0.15) is 4.37 Å². The molecule has 3 heterocycles. The SMILES string of the molecule is CCCC1C[N+]2(CCN(c3nsc4c3C=CCC4)CC2)CC1(C)C. The first kappa shape index (κ1) is 16.6. The second-order valence-electron chi connectivity index (χ2n) is 8.87. The van der Waals surface area contributed by atoms with Crippen LogP contribution in [0.15, 0.2) is 6.08 Å². The Morgan fingerprint density at radius 2 is 2.12 bits per heavy atom. The Kier molecular flexibility index (Phi) is 4.24. The number of aromatic nitrogens is 1.